The van der Waals surface area contributed by atoms with Crippen LogP contribution in [0, 0.1) is 5.92 Å². The Labute approximate surface area is 166 Å². The van der Waals surface area contributed by atoms with Crippen LogP contribution in [-0.2, 0) is 11.8 Å². The normalized spacial score (nSPS) is 20.8. The van der Waals surface area contributed by atoms with Crippen LogP contribution < -0.4 is 20.9 Å². The summed E-state index contributed by atoms with van der Waals surface area (Å²) >= 11 is 3.41. The van der Waals surface area contributed by atoms with E-state index in [-0.39, 0.29) is 29.5 Å². The highest BCUT2D eigenvalue weighted by Gasteiger charge is 2.29. The monoisotopic (exact) mass is 443 g/mol. The van der Waals surface area contributed by atoms with E-state index < -0.39 is 12.1 Å². The number of carbonyl (C=O) groups is 2. The molecule has 8 nitrogen and oxygen atoms in total. The molecule has 27 heavy (non-hydrogen) atoms. The molecule has 0 spiro atoms. The minimum Gasteiger partial charge on any atom is -0.489 e. The highest BCUT2D eigenvalue weighted by atomic mass is 79.9. The van der Waals surface area contributed by atoms with Gasteiger partial charge in [0.2, 0.25) is 5.91 Å². The van der Waals surface area contributed by atoms with Gasteiger partial charge in [0, 0.05) is 25.4 Å². The summed E-state index contributed by atoms with van der Waals surface area (Å²) in [5, 5.41) is 14.1. The lowest BCUT2D eigenvalue weighted by Crippen LogP contribution is -2.52. The highest BCUT2D eigenvalue weighted by Crippen LogP contribution is 2.28. The molecule has 1 aliphatic carbocycles. The van der Waals surface area contributed by atoms with Crippen LogP contribution in [-0.4, -0.2) is 39.9 Å². The summed E-state index contributed by atoms with van der Waals surface area (Å²) in [6.45, 7) is 3.60. The molecular formula is C18H26BrN3O5. The molecule has 1 fully saturated rings. The van der Waals surface area contributed by atoms with E-state index in [0.29, 0.717) is 5.75 Å². The number of ether oxygens (including phenoxy) is 1. The van der Waals surface area contributed by atoms with Crippen molar-refractivity contribution in [2.45, 2.75) is 57.7 Å². The van der Waals surface area contributed by atoms with Crippen molar-refractivity contribution in [3.63, 3.8) is 0 Å². The number of hydrogen-bond acceptors (Lipinski definition) is 4. The van der Waals surface area contributed by atoms with Gasteiger partial charge < -0.3 is 25.0 Å². The van der Waals surface area contributed by atoms with E-state index >= 15 is 0 Å². The summed E-state index contributed by atoms with van der Waals surface area (Å²) < 4.78 is 8.14. The van der Waals surface area contributed by atoms with Crippen molar-refractivity contribution >= 4 is 27.9 Å². The maximum absolute atomic E-state index is 12.4. The van der Waals surface area contributed by atoms with Crippen LogP contribution in [0.3, 0.4) is 0 Å². The number of aryl methyl sites for hydroxylation is 1. The molecule has 1 atom stereocenters. The minimum atomic E-state index is -1.21. The lowest BCUT2D eigenvalue weighted by Gasteiger charge is -2.31. The smallest absolute Gasteiger partial charge is 0.405 e. The average molecular weight is 444 g/mol. The third kappa shape index (κ3) is 5.98. The average Bonchev–Trinajstić information content (AvgIpc) is 2.58. The number of amides is 2. The van der Waals surface area contributed by atoms with Crippen molar-refractivity contribution < 1.29 is 19.4 Å². The Morgan fingerprint density at radius 3 is 2.48 bits per heavy atom. The number of halogens is 1. The molecule has 1 heterocycles. The molecule has 150 valence electrons. The maximum Gasteiger partial charge on any atom is 0.405 e. The van der Waals surface area contributed by atoms with Crippen LogP contribution >= 0.6 is 15.9 Å². The van der Waals surface area contributed by atoms with Crippen LogP contribution in [0.2, 0.25) is 0 Å². The minimum absolute atomic E-state index is 0.0127. The van der Waals surface area contributed by atoms with Crippen molar-refractivity contribution in [3.8, 4) is 5.75 Å². The Morgan fingerprint density at radius 1 is 1.30 bits per heavy atom. The molecule has 9 heteroatoms. The van der Waals surface area contributed by atoms with E-state index in [1.54, 1.807) is 27.1 Å². The molecule has 0 aliphatic heterocycles. The Bertz CT molecular complexity index is 741. The number of carbonyl (C=O) groups excluding carboxylic acids is 1. The summed E-state index contributed by atoms with van der Waals surface area (Å²) in [4.78, 5) is 35.0. The second-order valence-electron chi connectivity index (χ2n) is 7.21. The topological polar surface area (TPSA) is 110 Å². The summed E-state index contributed by atoms with van der Waals surface area (Å²) in [5.41, 5.74) is -0.139. The Kier molecular flexibility index (Phi) is 7.29. The van der Waals surface area contributed by atoms with Gasteiger partial charge in [-0.3, -0.25) is 9.59 Å². The third-order valence-corrected chi connectivity index (χ3v) is 5.28. The fraction of sp³-hybridized carbons (Fsp3) is 0.611. The summed E-state index contributed by atoms with van der Waals surface area (Å²) in [7, 11) is 1.67. The fourth-order valence-corrected chi connectivity index (χ4v) is 3.65. The molecule has 1 saturated carbocycles. The van der Waals surface area contributed by atoms with Gasteiger partial charge >= 0.3 is 6.09 Å². The zero-order chi connectivity index (χ0) is 20.1. The SMILES string of the molecule is CC(C)[C@@H](NC(=O)O)C(=O)N[C@H]1CC[C@H](Oc2cc(=O)n(C)cc2Br)CC1. The molecule has 3 N–H and O–H groups in total. The van der Waals surface area contributed by atoms with Crippen LogP contribution in [0.25, 0.3) is 0 Å². The largest absolute Gasteiger partial charge is 0.489 e. The van der Waals surface area contributed by atoms with Crippen LogP contribution in [0.5, 0.6) is 5.75 Å². The first kappa shape index (κ1) is 21.3. The van der Waals surface area contributed by atoms with Gasteiger partial charge in [-0.25, -0.2) is 4.79 Å². The Hall–Kier alpha value is -2.03. The quantitative estimate of drug-likeness (QED) is 0.624. The van der Waals surface area contributed by atoms with Crippen molar-refractivity contribution in [1.82, 2.24) is 15.2 Å². The number of nitrogens with one attached hydrogen (secondary N) is 2. The van der Waals surface area contributed by atoms with Crippen molar-refractivity contribution in [2.75, 3.05) is 0 Å². The molecular weight excluding hydrogens is 418 g/mol. The first-order valence-corrected chi connectivity index (χ1v) is 9.79. The number of rotatable bonds is 6. The second kappa shape index (κ2) is 9.25. The number of hydrogen-bond donors (Lipinski definition) is 3. The van der Waals surface area contributed by atoms with Crippen molar-refractivity contribution in [1.29, 1.82) is 0 Å². The fourth-order valence-electron chi connectivity index (χ4n) is 3.13. The van der Waals surface area contributed by atoms with Gasteiger partial charge in [-0.2, -0.15) is 0 Å². The lowest BCUT2D eigenvalue weighted by atomic mass is 9.92. The molecule has 0 aromatic carbocycles. The van der Waals surface area contributed by atoms with Crippen LogP contribution in [0.4, 0.5) is 4.79 Å². The van der Waals surface area contributed by atoms with Crippen LogP contribution in [0.1, 0.15) is 39.5 Å². The van der Waals surface area contributed by atoms with Gasteiger partial charge in [0.15, 0.2) is 0 Å². The predicted molar refractivity (Wildman–Crippen MR) is 104 cm³/mol. The zero-order valence-electron chi connectivity index (χ0n) is 15.7. The molecule has 1 aromatic heterocycles. The van der Waals surface area contributed by atoms with E-state index in [0.717, 1.165) is 30.2 Å². The lowest BCUT2D eigenvalue weighted by molar-refractivity contribution is -0.125. The molecule has 2 amide bonds. The summed E-state index contributed by atoms with van der Waals surface area (Å²) in [6, 6.07) is 0.678. The molecule has 0 radical (unpaired) electrons. The summed E-state index contributed by atoms with van der Waals surface area (Å²) in [6.07, 6.45) is 3.38. The zero-order valence-corrected chi connectivity index (χ0v) is 17.3. The van der Waals surface area contributed by atoms with Gasteiger partial charge in [-0.05, 0) is 47.5 Å². The van der Waals surface area contributed by atoms with Crippen molar-refractivity contribution in [3.05, 3.63) is 27.1 Å². The Morgan fingerprint density at radius 2 is 1.93 bits per heavy atom. The third-order valence-electron chi connectivity index (χ3n) is 4.69. The first-order chi connectivity index (χ1) is 12.7. The Balaban J connectivity index is 1.88. The van der Waals surface area contributed by atoms with Gasteiger partial charge in [0.1, 0.15) is 11.8 Å². The molecule has 0 saturated heterocycles. The van der Waals surface area contributed by atoms with E-state index in [1.165, 1.54) is 10.6 Å². The van der Waals surface area contributed by atoms with Crippen molar-refractivity contribution in [2.24, 2.45) is 13.0 Å². The molecule has 2 rings (SSSR count). The highest BCUT2D eigenvalue weighted by molar-refractivity contribution is 9.10. The number of aromatic nitrogens is 1. The number of carboxylic acid groups (broad SMARTS) is 1. The van der Waals surface area contributed by atoms with Gasteiger partial charge in [0.05, 0.1) is 10.6 Å². The standard InChI is InChI=1S/C18H26BrN3O5/c1-10(2)16(21-18(25)26)17(24)20-11-4-6-12(7-5-11)27-14-8-15(23)22(3)9-13(14)19/h8-12,16,21H,4-7H2,1-3H3,(H,20,24)(H,25,26)/t11-,12-,16-/m1/s1. The molecule has 1 aromatic rings. The number of nitrogens with zero attached hydrogens (tertiary/aromatic N) is 1. The van der Waals surface area contributed by atoms with Gasteiger partial charge in [-0.1, -0.05) is 13.8 Å². The van der Waals surface area contributed by atoms with E-state index in [4.69, 9.17) is 9.84 Å². The molecule has 0 bridgehead atoms. The maximum atomic E-state index is 12.4. The predicted octanol–water partition coefficient (Wildman–Crippen LogP) is 2.25. The van der Waals surface area contributed by atoms with Gasteiger partial charge in [0.25, 0.3) is 5.56 Å². The summed E-state index contributed by atoms with van der Waals surface area (Å²) in [5.74, 6) is 0.0843. The number of pyridine rings is 1. The van der Waals surface area contributed by atoms with E-state index in [1.807, 2.05) is 0 Å². The molecule has 0 unspecified atom stereocenters. The second-order valence-corrected chi connectivity index (χ2v) is 8.06. The van der Waals surface area contributed by atoms with Gasteiger partial charge in [-0.15, -0.1) is 0 Å². The van der Waals surface area contributed by atoms with E-state index in [9.17, 15) is 14.4 Å². The molecule has 1 aliphatic rings. The first-order valence-electron chi connectivity index (χ1n) is 9.00. The van der Waals surface area contributed by atoms with Crippen LogP contribution in [0.15, 0.2) is 21.5 Å². The van der Waals surface area contributed by atoms with E-state index in [2.05, 4.69) is 26.6 Å².